The molecule has 100 valence electrons. The molecule has 0 bridgehead atoms. The van der Waals surface area contributed by atoms with Gasteiger partial charge >= 0.3 is 6.18 Å². The van der Waals surface area contributed by atoms with E-state index in [-0.39, 0.29) is 12.5 Å². The molecule has 1 aliphatic rings. The molecule has 1 atom stereocenters. The zero-order valence-corrected chi connectivity index (χ0v) is 9.54. The molecule has 0 aliphatic heterocycles. The number of carbonyl (C=O) groups excluding carboxylic acids is 1. The normalized spacial score (nSPS) is 17.9. The van der Waals surface area contributed by atoms with Crippen molar-refractivity contribution in [3.05, 3.63) is 0 Å². The van der Waals surface area contributed by atoms with Gasteiger partial charge in [-0.3, -0.25) is 4.79 Å². The number of amides is 1. The first kappa shape index (κ1) is 14.2. The minimum atomic E-state index is -4.42. The van der Waals surface area contributed by atoms with Crippen LogP contribution in [0.3, 0.4) is 0 Å². The lowest BCUT2D eigenvalue weighted by atomic mass is 10.2. The first-order chi connectivity index (χ1) is 7.79. The molecule has 0 aromatic heterocycles. The number of aliphatic hydroxyl groups excluding tert-OH is 1. The third kappa shape index (κ3) is 5.88. The Bertz CT molecular complexity index is 266. The Labute approximate surface area is 97.3 Å². The van der Waals surface area contributed by atoms with E-state index in [1.165, 1.54) is 11.9 Å². The topological polar surface area (TPSA) is 49.8 Å². The van der Waals surface area contributed by atoms with Gasteiger partial charge in [-0.05, 0) is 18.8 Å². The summed E-state index contributed by atoms with van der Waals surface area (Å²) < 4.78 is 39.5. The van der Waals surface area contributed by atoms with Crippen molar-refractivity contribution in [3.63, 3.8) is 0 Å². The van der Waals surface area contributed by atoms with Crippen LogP contribution in [0.15, 0.2) is 0 Å². The fraction of sp³-hybridized carbons (Fsp3) is 0.900. The quantitative estimate of drug-likeness (QED) is 0.763. The number of ether oxygens (including phenoxy) is 1. The van der Waals surface area contributed by atoms with E-state index in [4.69, 9.17) is 0 Å². The van der Waals surface area contributed by atoms with Crippen LogP contribution in [-0.2, 0) is 9.53 Å². The van der Waals surface area contributed by atoms with Crippen LogP contribution in [0.25, 0.3) is 0 Å². The molecule has 1 rings (SSSR count). The van der Waals surface area contributed by atoms with E-state index < -0.39 is 31.4 Å². The maximum absolute atomic E-state index is 11.7. The lowest BCUT2D eigenvalue weighted by Gasteiger charge is -2.20. The number of likely N-dealkylation sites (N-methyl/N-ethyl adjacent to an activating group) is 1. The molecular weight excluding hydrogens is 239 g/mol. The molecule has 0 radical (unpaired) electrons. The summed E-state index contributed by atoms with van der Waals surface area (Å²) in [7, 11) is 1.44. The van der Waals surface area contributed by atoms with Crippen molar-refractivity contribution >= 4 is 5.91 Å². The van der Waals surface area contributed by atoms with E-state index in [1.807, 2.05) is 0 Å². The minimum absolute atomic E-state index is 0.138. The zero-order chi connectivity index (χ0) is 13.1. The van der Waals surface area contributed by atoms with E-state index >= 15 is 0 Å². The Morgan fingerprint density at radius 1 is 1.53 bits per heavy atom. The summed E-state index contributed by atoms with van der Waals surface area (Å²) in [5.74, 6) is -0.338. The molecule has 7 heteroatoms. The van der Waals surface area contributed by atoms with Crippen LogP contribution in [0.2, 0.25) is 0 Å². The molecule has 0 aromatic rings. The summed E-state index contributed by atoms with van der Waals surface area (Å²) in [5, 5.41) is 9.55. The number of nitrogens with zero attached hydrogens (tertiary/aromatic N) is 1. The van der Waals surface area contributed by atoms with Crippen LogP contribution >= 0.6 is 0 Å². The van der Waals surface area contributed by atoms with Gasteiger partial charge in [0.15, 0.2) is 0 Å². The lowest BCUT2D eigenvalue weighted by molar-refractivity contribution is -0.177. The number of hydrogen-bond donors (Lipinski definition) is 1. The first-order valence-corrected chi connectivity index (χ1v) is 5.36. The fourth-order valence-electron chi connectivity index (χ4n) is 1.38. The van der Waals surface area contributed by atoms with E-state index in [9.17, 15) is 23.1 Å². The molecule has 4 nitrogen and oxygen atoms in total. The Hall–Kier alpha value is -0.820. The number of aliphatic hydroxyl groups is 1. The highest BCUT2D eigenvalue weighted by Gasteiger charge is 2.31. The van der Waals surface area contributed by atoms with E-state index in [0.29, 0.717) is 0 Å². The van der Waals surface area contributed by atoms with Gasteiger partial charge in [0.2, 0.25) is 5.91 Å². The second-order valence-corrected chi connectivity index (χ2v) is 4.29. The summed E-state index contributed by atoms with van der Waals surface area (Å²) in [6.45, 7) is -1.91. The summed E-state index contributed by atoms with van der Waals surface area (Å²) in [6.07, 6.45) is -3.14. The average molecular weight is 255 g/mol. The molecule has 1 N–H and O–H groups in total. The molecular formula is C10H16F3NO3. The predicted molar refractivity (Wildman–Crippen MR) is 53.2 cm³/mol. The van der Waals surface area contributed by atoms with Gasteiger partial charge in [-0.1, -0.05) is 0 Å². The van der Waals surface area contributed by atoms with E-state index in [1.54, 1.807) is 0 Å². The standard InChI is InChI=1S/C10H16F3NO3/c1-14(4-8(15)7-2-3-7)9(16)5-17-6-10(11,12)13/h7-8,15H,2-6H2,1H3. The average Bonchev–Trinajstić information content (AvgIpc) is 2.98. The maximum Gasteiger partial charge on any atom is 0.411 e. The first-order valence-electron chi connectivity index (χ1n) is 5.36. The van der Waals surface area contributed by atoms with Gasteiger partial charge in [0.05, 0.1) is 6.10 Å². The highest BCUT2D eigenvalue weighted by Crippen LogP contribution is 2.32. The van der Waals surface area contributed by atoms with Crippen molar-refractivity contribution in [2.75, 3.05) is 26.8 Å². The number of hydrogen-bond acceptors (Lipinski definition) is 3. The Morgan fingerprint density at radius 2 is 2.12 bits per heavy atom. The molecule has 1 amide bonds. The molecule has 0 saturated heterocycles. The Kier molecular flexibility index (Phi) is 4.76. The lowest BCUT2D eigenvalue weighted by Crippen LogP contribution is -2.38. The van der Waals surface area contributed by atoms with E-state index in [2.05, 4.69) is 4.74 Å². The van der Waals surface area contributed by atoms with Crippen LogP contribution < -0.4 is 0 Å². The highest BCUT2D eigenvalue weighted by molar-refractivity contribution is 5.77. The molecule has 1 fully saturated rings. The molecule has 1 aliphatic carbocycles. The number of rotatable bonds is 6. The van der Waals surface area contributed by atoms with Crippen LogP contribution in [-0.4, -0.2) is 55.0 Å². The zero-order valence-electron chi connectivity index (χ0n) is 9.54. The molecule has 1 saturated carbocycles. The second kappa shape index (κ2) is 5.68. The molecule has 1 unspecified atom stereocenters. The monoisotopic (exact) mass is 255 g/mol. The SMILES string of the molecule is CN(CC(O)C1CC1)C(=O)COCC(F)(F)F. The van der Waals surface area contributed by atoms with Crippen LogP contribution in [0, 0.1) is 5.92 Å². The van der Waals surface area contributed by atoms with Crippen molar-refractivity contribution in [2.24, 2.45) is 5.92 Å². The molecule has 0 heterocycles. The fourth-order valence-corrected chi connectivity index (χ4v) is 1.38. The Balaban J connectivity index is 2.17. The van der Waals surface area contributed by atoms with Crippen LogP contribution in [0.5, 0.6) is 0 Å². The van der Waals surface area contributed by atoms with Crippen molar-refractivity contribution < 1.29 is 27.8 Å². The molecule has 17 heavy (non-hydrogen) atoms. The number of alkyl halides is 3. The van der Waals surface area contributed by atoms with Gasteiger partial charge < -0.3 is 14.7 Å². The van der Waals surface area contributed by atoms with Crippen molar-refractivity contribution in [1.29, 1.82) is 0 Å². The van der Waals surface area contributed by atoms with Crippen molar-refractivity contribution in [1.82, 2.24) is 4.90 Å². The van der Waals surface area contributed by atoms with Crippen LogP contribution in [0.4, 0.5) is 13.2 Å². The smallest absolute Gasteiger partial charge is 0.391 e. The second-order valence-electron chi connectivity index (χ2n) is 4.29. The third-order valence-electron chi connectivity index (χ3n) is 2.54. The van der Waals surface area contributed by atoms with Crippen molar-refractivity contribution in [2.45, 2.75) is 25.1 Å². The summed E-state index contributed by atoms with van der Waals surface area (Å²) in [6, 6.07) is 0. The van der Waals surface area contributed by atoms with Gasteiger partial charge in [-0.2, -0.15) is 13.2 Å². The highest BCUT2D eigenvalue weighted by atomic mass is 19.4. The number of halogens is 3. The van der Waals surface area contributed by atoms with Gasteiger partial charge in [0.25, 0.3) is 0 Å². The molecule has 0 aromatic carbocycles. The van der Waals surface area contributed by atoms with E-state index in [0.717, 1.165) is 12.8 Å². The van der Waals surface area contributed by atoms with Gasteiger partial charge in [0.1, 0.15) is 13.2 Å². The predicted octanol–water partition coefficient (Wildman–Crippen LogP) is 0.795. The van der Waals surface area contributed by atoms with Crippen LogP contribution in [0.1, 0.15) is 12.8 Å². The number of carbonyl (C=O) groups is 1. The van der Waals surface area contributed by atoms with Gasteiger partial charge in [-0.15, -0.1) is 0 Å². The summed E-state index contributed by atoms with van der Waals surface area (Å²) >= 11 is 0. The minimum Gasteiger partial charge on any atom is -0.391 e. The molecule has 0 spiro atoms. The maximum atomic E-state index is 11.7. The van der Waals surface area contributed by atoms with Gasteiger partial charge in [-0.25, -0.2) is 0 Å². The van der Waals surface area contributed by atoms with Gasteiger partial charge in [0, 0.05) is 13.6 Å². The van der Waals surface area contributed by atoms with Crippen molar-refractivity contribution in [3.8, 4) is 0 Å². The third-order valence-corrected chi connectivity index (χ3v) is 2.54. The summed E-state index contributed by atoms with van der Waals surface area (Å²) in [4.78, 5) is 12.5. The summed E-state index contributed by atoms with van der Waals surface area (Å²) in [5.41, 5.74) is 0. The Morgan fingerprint density at radius 3 is 2.59 bits per heavy atom. The largest absolute Gasteiger partial charge is 0.411 e.